The van der Waals surface area contributed by atoms with E-state index in [-0.39, 0.29) is 5.75 Å². The molecule has 0 aliphatic heterocycles. The van der Waals surface area contributed by atoms with Crippen molar-refractivity contribution in [1.82, 2.24) is 0 Å². The Kier molecular flexibility index (Phi) is 2.69. The Morgan fingerprint density at radius 3 is 2.42 bits per heavy atom. The van der Waals surface area contributed by atoms with Crippen LogP contribution in [-0.2, 0) is 11.8 Å². The predicted octanol–water partition coefficient (Wildman–Crippen LogP) is 0.857. The molecule has 1 aromatic rings. The summed E-state index contributed by atoms with van der Waals surface area (Å²) in [4.78, 5) is 17.6. The van der Waals surface area contributed by atoms with Crippen molar-refractivity contribution in [3.8, 4) is 5.75 Å². The van der Waals surface area contributed by atoms with Gasteiger partial charge < -0.3 is 20.0 Å². The smallest absolute Gasteiger partial charge is 0.375 e. The van der Waals surface area contributed by atoms with Crippen molar-refractivity contribution in [2.24, 2.45) is 0 Å². The molecule has 66 valence electrons. The van der Waals surface area contributed by atoms with Gasteiger partial charge in [0.05, 0.1) is 5.69 Å². The Hall–Kier alpha value is -0.610. The number of hydrogen-bond acceptors (Lipinski definition) is 3. The van der Waals surface area contributed by atoms with Gasteiger partial charge in [0.1, 0.15) is 0 Å². The second-order valence-corrected chi connectivity index (χ2v) is 4.71. The van der Waals surface area contributed by atoms with Crippen LogP contribution >= 0.6 is 6.72 Å². The van der Waals surface area contributed by atoms with Gasteiger partial charge in [-0.05, 0) is 12.1 Å². The van der Waals surface area contributed by atoms with Crippen molar-refractivity contribution in [2.45, 2.75) is 0 Å². The van der Waals surface area contributed by atoms with E-state index >= 15 is 0 Å². The van der Waals surface area contributed by atoms with Gasteiger partial charge in [0, 0.05) is 11.8 Å². The maximum Gasteiger partial charge on any atom is 0.375 e. The normalized spacial score (nSPS) is 11.2. The van der Waals surface area contributed by atoms with Crippen LogP contribution in [0.5, 0.6) is 5.75 Å². The van der Waals surface area contributed by atoms with E-state index in [1.54, 1.807) is 18.2 Å². The van der Waals surface area contributed by atoms with Crippen LogP contribution in [0.15, 0.2) is 24.3 Å². The molecular formula is C6H8NO3PS. The van der Waals surface area contributed by atoms with Gasteiger partial charge >= 0.3 is 6.72 Å². The summed E-state index contributed by atoms with van der Waals surface area (Å²) in [6.07, 6.45) is 0. The third kappa shape index (κ3) is 2.79. The highest BCUT2D eigenvalue weighted by Crippen LogP contribution is 2.40. The Labute approximate surface area is 74.9 Å². The minimum atomic E-state index is -3.66. The van der Waals surface area contributed by atoms with Gasteiger partial charge in [0.25, 0.3) is 0 Å². The van der Waals surface area contributed by atoms with E-state index in [9.17, 15) is 0 Å². The fraction of sp³-hybridized carbons (Fsp3) is 0. The monoisotopic (exact) mass is 205 g/mol. The summed E-state index contributed by atoms with van der Waals surface area (Å²) in [6, 6.07) is 6.47. The lowest BCUT2D eigenvalue weighted by Crippen LogP contribution is -1.94. The molecule has 12 heavy (non-hydrogen) atoms. The summed E-state index contributed by atoms with van der Waals surface area (Å²) in [5, 5.41) is 0. The van der Waals surface area contributed by atoms with Crippen molar-refractivity contribution in [2.75, 3.05) is 5.73 Å². The van der Waals surface area contributed by atoms with Crippen molar-refractivity contribution in [3.05, 3.63) is 24.3 Å². The summed E-state index contributed by atoms with van der Waals surface area (Å²) in [7, 11) is 0. The van der Waals surface area contributed by atoms with E-state index in [2.05, 4.69) is 16.3 Å². The van der Waals surface area contributed by atoms with Gasteiger partial charge in [0.15, 0.2) is 5.75 Å². The van der Waals surface area contributed by atoms with Gasteiger partial charge in [-0.1, -0.05) is 12.1 Å². The predicted molar refractivity (Wildman–Crippen MR) is 50.2 cm³/mol. The van der Waals surface area contributed by atoms with Crippen LogP contribution in [0.3, 0.4) is 0 Å². The van der Waals surface area contributed by atoms with E-state index in [4.69, 9.17) is 15.5 Å². The lowest BCUT2D eigenvalue weighted by molar-refractivity contribution is 0.371. The minimum Gasteiger partial charge on any atom is -0.422 e. The molecule has 0 fully saturated rings. The first-order valence-electron chi connectivity index (χ1n) is 3.09. The molecule has 0 spiro atoms. The molecule has 4 N–H and O–H groups in total. The molecule has 0 aliphatic rings. The molecule has 0 saturated carbocycles. The molecule has 0 radical (unpaired) electrons. The second-order valence-electron chi connectivity index (χ2n) is 2.12. The molecule has 0 unspecified atom stereocenters. The zero-order valence-electron chi connectivity index (χ0n) is 6.04. The van der Waals surface area contributed by atoms with Crippen LogP contribution in [0.4, 0.5) is 5.69 Å². The van der Waals surface area contributed by atoms with E-state index in [1.165, 1.54) is 6.07 Å². The van der Waals surface area contributed by atoms with Crippen molar-refractivity contribution in [3.63, 3.8) is 0 Å². The number of benzene rings is 1. The van der Waals surface area contributed by atoms with Gasteiger partial charge in [-0.15, -0.1) is 0 Å². The highest BCUT2D eigenvalue weighted by atomic mass is 32.5. The van der Waals surface area contributed by atoms with Crippen molar-refractivity contribution in [1.29, 1.82) is 0 Å². The molecule has 0 heterocycles. The highest BCUT2D eigenvalue weighted by Gasteiger charge is 2.11. The summed E-state index contributed by atoms with van der Waals surface area (Å²) in [5.41, 5.74) is 5.78. The molecule has 0 amide bonds. The standard InChI is InChI=1S/C6H8NO3PS/c7-5-3-1-2-4-6(5)10-11(8,9)12/h1-4H,7H2,(H2,8,9,12). The Morgan fingerprint density at radius 1 is 1.33 bits per heavy atom. The van der Waals surface area contributed by atoms with E-state index < -0.39 is 6.72 Å². The van der Waals surface area contributed by atoms with Crippen LogP contribution < -0.4 is 10.3 Å². The molecule has 0 aromatic heterocycles. The second kappa shape index (κ2) is 3.41. The topological polar surface area (TPSA) is 75.7 Å². The third-order valence-electron chi connectivity index (χ3n) is 1.14. The van der Waals surface area contributed by atoms with Crippen LogP contribution in [0.25, 0.3) is 0 Å². The van der Waals surface area contributed by atoms with Gasteiger partial charge in [-0.2, -0.15) is 0 Å². The Bertz CT molecular complexity index is 324. The number of nitrogens with two attached hydrogens (primary N) is 1. The number of nitrogen functional groups attached to an aromatic ring is 1. The molecular weight excluding hydrogens is 197 g/mol. The molecule has 0 aliphatic carbocycles. The molecule has 6 heteroatoms. The van der Waals surface area contributed by atoms with E-state index in [1.807, 2.05) is 0 Å². The fourth-order valence-corrected chi connectivity index (χ4v) is 1.36. The molecule has 1 rings (SSSR count). The number of anilines is 1. The molecule has 0 bridgehead atoms. The molecule has 0 atom stereocenters. The number of hydrogen-bond donors (Lipinski definition) is 3. The summed E-state index contributed by atoms with van der Waals surface area (Å²) in [6.45, 7) is -3.66. The maximum absolute atomic E-state index is 8.80. The largest absolute Gasteiger partial charge is 0.422 e. The summed E-state index contributed by atoms with van der Waals surface area (Å²) >= 11 is 4.27. The lowest BCUT2D eigenvalue weighted by atomic mass is 10.3. The maximum atomic E-state index is 8.80. The van der Waals surface area contributed by atoms with Crippen LogP contribution in [0.2, 0.25) is 0 Å². The zero-order chi connectivity index (χ0) is 9.19. The first kappa shape index (κ1) is 9.48. The molecule has 0 saturated heterocycles. The molecule has 4 nitrogen and oxygen atoms in total. The minimum absolute atomic E-state index is 0.200. The fourth-order valence-electron chi connectivity index (χ4n) is 0.692. The van der Waals surface area contributed by atoms with Crippen LogP contribution in [0, 0.1) is 0 Å². The summed E-state index contributed by atoms with van der Waals surface area (Å²) in [5.74, 6) is 0.200. The quantitative estimate of drug-likeness (QED) is 0.493. The highest BCUT2D eigenvalue weighted by molar-refractivity contribution is 8.06. The SMILES string of the molecule is Nc1ccccc1OP(O)(O)=S. The Morgan fingerprint density at radius 2 is 1.92 bits per heavy atom. The third-order valence-corrected chi connectivity index (χ3v) is 1.79. The van der Waals surface area contributed by atoms with Crippen LogP contribution in [-0.4, -0.2) is 9.79 Å². The summed E-state index contributed by atoms with van der Waals surface area (Å²) < 4.78 is 4.64. The average Bonchev–Trinajstić information content (AvgIpc) is 1.91. The van der Waals surface area contributed by atoms with Crippen molar-refractivity contribution >= 4 is 24.2 Å². The van der Waals surface area contributed by atoms with Gasteiger partial charge in [-0.25, -0.2) is 0 Å². The lowest BCUT2D eigenvalue weighted by Gasteiger charge is -2.10. The molecule has 1 aromatic carbocycles. The van der Waals surface area contributed by atoms with Gasteiger partial charge in [-0.3, -0.25) is 0 Å². The number of para-hydroxylation sites is 2. The number of rotatable bonds is 2. The first-order chi connectivity index (χ1) is 5.49. The van der Waals surface area contributed by atoms with E-state index in [0.29, 0.717) is 5.69 Å². The Balaban J connectivity index is 2.90. The van der Waals surface area contributed by atoms with Gasteiger partial charge in [0.2, 0.25) is 0 Å². The zero-order valence-corrected chi connectivity index (χ0v) is 7.76. The van der Waals surface area contributed by atoms with Crippen molar-refractivity contribution < 1.29 is 14.3 Å². The van der Waals surface area contributed by atoms with E-state index in [0.717, 1.165) is 0 Å². The van der Waals surface area contributed by atoms with Crippen LogP contribution in [0.1, 0.15) is 0 Å². The average molecular weight is 205 g/mol. The first-order valence-corrected chi connectivity index (χ1v) is 5.71.